The Morgan fingerprint density at radius 2 is 1.60 bits per heavy atom. The van der Waals surface area contributed by atoms with Gasteiger partial charge in [0.15, 0.2) is 0 Å². The second kappa shape index (κ2) is 3.14. The van der Waals surface area contributed by atoms with Crippen molar-refractivity contribution >= 4 is 51.2 Å². The second-order valence-corrected chi connectivity index (χ2v) is 4.41. The van der Waals surface area contributed by atoms with E-state index in [0.29, 0.717) is 0 Å². The summed E-state index contributed by atoms with van der Waals surface area (Å²) in [5.41, 5.74) is 2.52. The first-order valence-corrected chi connectivity index (χ1v) is 5.40. The molecular weight excluding hydrogens is 251 g/mol. The summed E-state index contributed by atoms with van der Waals surface area (Å²) in [7, 11) is 5.76. The summed E-state index contributed by atoms with van der Waals surface area (Å²) >= 11 is 3.45. The SMILES string of the molecule is [B]c1ccc2oc3ccc(Br)cc3c2c1. The van der Waals surface area contributed by atoms with Crippen LogP contribution in [0.2, 0.25) is 0 Å². The molecule has 0 saturated carbocycles. The molecule has 3 heteroatoms. The Balaban J connectivity index is 2.55. The van der Waals surface area contributed by atoms with Gasteiger partial charge in [0.1, 0.15) is 19.0 Å². The summed E-state index contributed by atoms with van der Waals surface area (Å²) in [5, 5.41) is 2.15. The normalized spacial score (nSPS) is 11.3. The summed E-state index contributed by atoms with van der Waals surface area (Å²) < 4.78 is 6.73. The van der Waals surface area contributed by atoms with Crippen molar-refractivity contribution in [2.24, 2.45) is 0 Å². The fourth-order valence-electron chi connectivity index (χ4n) is 1.77. The molecule has 0 unspecified atom stereocenters. The summed E-state index contributed by atoms with van der Waals surface area (Å²) in [6.07, 6.45) is 0. The van der Waals surface area contributed by atoms with Gasteiger partial charge in [0.05, 0.1) is 0 Å². The summed E-state index contributed by atoms with van der Waals surface area (Å²) in [4.78, 5) is 0. The quantitative estimate of drug-likeness (QED) is 0.564. The minimum absolute atomic E-state index is 0.755. The fourth-order valence-corrected chi connectivity index (χ4v) is 2.13. The van der Waals surface area contributed by atoms with Gasteiger partial charge >= 0.3 is 0 Å². The molecule has 0 fully saturated rings. The molecule has 2 radical (unpaired) electrons. The van der Waals surface area contributed by atoms with Crippen molar-refractivity contribution in [1.29, 1.82) is 0 Å². The van der Waals surface area contributed by atoms with Crippen molar-refractivity contribution in [1.82, 2.24) is 0 Å². The van der Waals surface area contributed by atoms with Gasteiger partial charge in [-0.05, 0) is 24.3 Å². The second-order valence-electron chi connectivity index (χ2n) is 3.50. The Kier molecular flexibility index (Phi) is 1.89. The zero-order valence-corrected chi connectivity index (χ0v) is 9.41. The van der Waals surface area contributed by atoms with Gasteiger partial charge in [0.2, 0.25) is 0 Å². The topological polar surface area (TPSA) is 13.1 Å². The number of rotatable bonds is 0. The summed E-state index contributed by atoms with van der Waals surface area (Å²) in [5.74, 6) is 0. The number of fused-ring (bicyclic) bond motifs is 3. The van der Waals surface area contributed by atoms with Crippen LogP contribution in [0.1, 0.15) is 0 Å². The average molecular weight is 257 g/mol. The molecule has 0 N–H and O–H groups in total. The van der Waals surface area contributed by atoms with E-state index in [9.17, 15) is 0 Å². The number of furan rings is 1. The Labute approximate surface area is 96.6 Å². The van der Waals surface area contributed by atoms with Crippen LogP contribution in [-0.4, -0.2) is 7.85 Å². The highest BCUT2D eigenvalue weighted by Crippen LogP contribution is 2.29. The standard InChI is InChI=1S/C12H6BBrO/c13-7-1-3-11-9(5-7)10-6-8(14)2-4-12(10)15-11/h1-6H. The smallest absolute Gasteiger partial charge is 0.135 e. The highest BCUT2D eigenvalue weighted by Gasteiger charge is 2.06. The third-order valence-corrected chi connectivity index (χ3v) is 2.95. The lowest BCUT2D eigenvalue weighted by atomic mass is 9.94. The van der Waals surface area contributed by atoms with Crippen molar-refractivity contribution < 1.29 is 4.42 Å². The van der Waals surface area contributed by atoms with E-state index in [-0.39, 0.29) is 0 Å². The molecule has 1 heterocycles. The molecule has 15 heavy (non-hydrogen) atoms. The van der Waals surface area contributed by atoms with E-state index >= 15 is 0 Å². The van der Waals surface area contributed by atoms with E-state index in [2.05, 4.69) is 15.9 Å². The average Bonchev–Trinajstić information content (AvgIpc) is 2.56. The van der Waals surface area contributed by atoms with Crippen LogP contribution in [0.15, 0.2) is 45.3 Å². The first kappa shape index (κ1) is 9.04. The Morgan fingerprint density at radius 1 is 0.933 bits per heavy atom. The predicted molar refractivity (Wildman–Crippen MR) is 66.8 cm³/mol. The maximum absolute atomic E-state index is 5.76. The van der Waals surface area contributed by atoms with E-state index < -0.39 is 0 Å². The van der Waals surface area contributed by atoms with Crippen LogP contribution in [0.5, 0.6) is 0 Å². The van der Waals surface area contributed by atoms with Crippen LogP contribution >= 0.6 is 15.9 Å². The van der Waals surface area contributed by atoms with Crippen molar-refractivity contribution in [3.63, 3.8) is 0 Å². The van der Waals surface area contributed by atoms with Crippen molar-refractivity contribution in [3.05, 3.63) is 40.9 Å². The lowest BCUT2D eigenvalue weighted by Crippen LogP contribution is -1.98. The maximum Gasteiger partial charge on any atom is 0.135 e. The molecule has 0 amide bonds. The van der Waals surface area contributed by atoms with E-state index in [0.717, 1.165) is 31.9 Å². The third kappa shape index (κ3) is 1.38. The number of hydrogen-bond acceptors (Lipinski definition) is 1. The van der Waals surface area contributed by atoms with Crippen LogP contribution in [0.3, 0.4) is 0 Å². The zero-order chi connectivity index (χ0) is 10.4. The molecule has 1 aromatic heterocycles. The van der Waals surface area contributed by atoms with Gasteiger partial charge in [-0.1, -0.05) is 33.5 Å². The molecule has 0 aliphatic carbocycles. The van der Waals surface area contributed by atoms with Crippen LogP contribution in [-0.2, 0) is 0 Å². The lowest BCUT2D eigenvalue weighted by molar-refractivity contribution is 0.669. The van der Waals surface area contributed by atoms with E-state index in [1.54, 1.807) is 0 Å². The van der Waals surface area contributed by atoms with Crippen molar-refractivity contribution in [2.45, 2.75) is 0 Å². The molecule has 0 spiro atoms. The fraction of sp³-hybridized carbons (Fsp3) is 0. The zero-order valence-electron chi connectivity index (χ0n) is 7.83. The van der Waals surface area contributed by atoms with E-state index in [1.807, 2.05) is 36.4 Å². The molecule has 2 aromatic carbocycles. The summed E-state index contributed by atoms with van der Waals surface area (Å²) in [6, 6.07) is 11.6. The van der Waals surface area contributed by atoms with Crippen LogP contribution in [0, 0.1) is 0 Å². The molecule has 0 bridgehead atoms. The van der Waals surface area contributed by atoms with E-state index in [4.69, 9.17) is 12.3 Å². The highest BCUT2D eigenvalue weighted by molar-refractivity contribution is 9.10. The monoisotopic (exact) mass is 256 g/mol. The molecule has 0 saturated heterocycles. The van der Waals surface area contributed by atoms with Crippen LogP contribution in [0.25, 0.3) is 21.9 Å². The molecule has 0 aliphatic rings. The molecule has 0 atom stereocenters. The van der Waals surface area contributed by atoms with Gasteiger partial charge < -0.3 is 4.42 Å². The Hall–Kier alpha value is -1.22. The lowest BCUT2D eigenvalue weighted by Gasteiger charge is -1.92. The number of hydrogen-bond donors (Lipinski definition) is 0. The van der Waals surface area contributed by atoms with Gasteiger partial charge in [-0.3, -0.25) is 0 Å². The molecule has 3 rings (SSSR count). The van der Waals surface area contributed by atoms with Crippen molar-refractivity contribution in [3.8, 4) is 0 Å². The maximum atomic E-state index is 5.76. The largest absolute Gasteiger partial charge is 0.456 e. The molecule has 1 nitrogen and oxygen atoms in total. The molecular formula is C12H6BBrO. The third-order valence-electron chi connectivity index (χ3n) is 2.46. The van der Waals surface area contributed by atoms with Gasteiger partial charge in [-0.15, -0.1) is 0 Å². The van der Waals surface area contributed by atoms with Gasteiger partial charge in [-0.25, -0.2) is 0 Å². The van der Waals surface area contributed by atoms with Gasteiger partial charge in [-0.2, -0.15) is 0 Å². The Bertz CT molecular complexity index is 601. The molecule has 70 valence electrons. The predicted octanol–water partition coefficient (Wildman–Crippen LogP) is 3.14. The highest BCUT2D eigenvalue weighted by atomic mass is 79.9. The van der Waals surface area contributed by atoms with Gasteiger partial charge in [0.25, 0.3) is 0 Å². The van der Waals surface area contributed by atoms with E-state index in [1.165, 1.54) is 0 Å². The summed E-state index contributed by atoms with van der Waals surface area (Å²) in [6.45, 7) is 0. The number of halogens is 1. The van der Waals surface area contributed by atoms with Crippen LogP contribution in [0.4, 0.5) is 0 Å². The first-order valence-electron chi connectivity index (χ1n) is 4.61. The minimum Gasteiger partial charge on any atom is -0.456 e. The molecule has 0 aliphatic heterocycles. The van der Waals surface area contributed by atoms with Gasteiger partial charge in [0, 0.05) is 15.2 Å². The minimum atomic E-state index is 0.755. The number of benzene rings is 2. The first-order chi connectivity index (χ1) is 7.24. The van der Waals surface area contributed by atoms with Crippen LogP contribution < -0.4 is 5.46 Å². The Morgan fingerprint density at radius 3 is 2.40 bits per heavy atom. The van der Waals surface area contributed by atoms with Crippen molar-refractivity contribution in [2.75, 3.05) is 0 Å². The molecule has 3 aromatic rings.